The van der Waals surface area contributed by atoms with Gasteiger partial charge in [0.25, 0.3) is 0 Å². The van der Waals surface area contributed by atoms with Gasteiger partial charge in [-0.2, -0.15) is 0 Å². The summed E-state index contributed by atoms with van der Waals surface area (Å²) in [6.45, 7) is 2.23. The molecule has 0 aliphatic rings. The van der Waals surface area contributed by atoms with E-state index in [1.165, 1.54) is 6.92 Å². The Kier molecular flexibility index (Phi) is 6.17. The van der Waals surface area contributed by atoms with Crippen molar-refractivity contribution in [1.29, 1.82) is 0 Å². The standard InChI is InChI=1S/C17H17BrN2O3/c1-12(21)13-6-8-14(9-7-13)20-17(22)19-10-11-23-16-5-3-2-4-15(16)18/h2-9H,10-11H2,1H3,(H2,19,20,22). The van der Waals surface area contributed by atoms with Crippen molar-refractivity contribution in [2.24, 2.45) is 0 Å². The Hall–Kier alpha value is -2.34. The van der Waals surface area contributed by atoms with Crippen LogP contribution in [-0.2, 0) is 0 Å². The Morgan fingerprint density at radius 3 is 2.43 bits per heavy atom. The van der Waals surface area contributed by atoms with Gasteiger partial charge < -0.3 is 15.4 Å². The second-order valence-electron chi connectivity index (χ2n) is 4.79. The summed E-state index contributed by atoms with van der Waals surface area (Å²) in [6.07, 6.45) is 0. The van der Waals surface area contributed by atoms with Crippen molar-refractivity contribution in [3.63, 3.8) is 0 Å². The number of Topliss-reactive ketones (excluding diaryl/α,β-unsaturated/α-hetero) is 1. The lowest BCUT2D eigenvalue weighted by molar-refractivity contribution is 0.101. The molecule has 2 rings (SSSR count). The van der Waals surface area contributed by atoms with Crippen molar-refractivity contribution in [1.82, 2.24) is 5.32 Å². The first-order valence-electron chi connectivity index (χ1n) is 7.09. The van der Waals surface area contributed by atoms with Crippen LogP contribution in [0.1, 0.15) is 17.3 Å². The lowest BCUT2D eigenvalue weighted by Crippen LogP contribution is -2.32. The maximum Gasteiger partial charge on any atom is 0.319 e. The molecule has 0 aliphatic carbocycles. The van der Waals surface area contributed by atoms with E-state index < -0.39 is 0 Å². The molecule has 23 heavy (non-hydrogen) atoms. The number of benzene rings is 2. The normalized spacial score (nSPS) is 10.0. The molecule has 0 radical (unpaired) electrons. The number of anilines is 1. The first-order valence-corrected chi connectivity index (χ1v) is 7.89. The Bertz CT molecular complexity index is 686. The van der Waals surface area contributed by atoms with Gasteiger partial charge >= 0.3 is 6.03 Å². The van der Waals surface area contributed by atoms with Gasteiger partial charge in [0, 0.05) is 11.3 Å². The first kappa shape index (κ1) is 17.0. The number of halogens is 1. The summed E-state index contributed by atoms with van der Waals surface area (Å²) in [5.41, 5.74) is 1.23. The number of rotatable bonds is 6. The Labute approximate surface area is 143 Å². The van der Waals surface area contributed by atoms with Crippen LogP contribution in [0.4, 0.5) is 10.5 Å². The SMILES string of the molecule is CC(=O)c1ccc(NC(=O)NCCOc2ccccc2Br)cc1. The fourth-order valence-corrected chi connectivity index (χ4v) is 2.25. The van der Waals surface area contributed by atoms with Crippen molar-refractivity contribution in [3.8, 4) is 5.75 Å². The van der Waals surface area contributed by atoms with Gasteiger partial charge in [-0.25, -0.2) is 4.79 Å². The number of ketones is 1. The summed E-state index contributed by atoms with van der Waals surface area (Å²) in [7, 11) is 0. The van der Waals surface area contributed by atoms with E-state index in [1.54, 1.807) is 24.3 Å². The van der Waals surface area contributed by atoms with Crippen LogP contribution < -0.4 is 15.4 Å². The quantitative estimate of drug-likeness (QED) is 0.594. The number of hydrogen-bond acceptors (Lipinski definition) is 3. The van der Waals surface area contributed by atoms with Gasteiger partial charge in [0.2, 0.25) is 0 Å². The van der Waals surface area contributed by atoms with Crippen LogP contribution in [0, 0.1) is 0 Å². The summed E-state index contributed by atoms with van der Waals surface area (Å²) >= 11 is 3.39. The average molecular weight is 377 g/mol. The smallest absolute Gasteiger partial charge is 0.319 e. The summed E-state index contributed by atoms with van der Waals surface area (Å²) < 4.78 is 6.42. The zero-order valence-electron chi connectivity index (χ0n) is 12.6. The van der Waals surface area contributed by atoms with Crippen molar-refractivity contribution in [2.45, 2.75) is 6.92 Å². The number of carbonyl (C=O) groups is 2. The second-order valence-corrected chi connectivity index (χ2v) is 5.65. The fourth-order valence-electron chi connectivity index (χ4n) is 1.85. The van der Waals surface area contributed by atoms with Gasteiger partial charge in [-0.1, -0.05) is 12.1 Å². The maximum atomic E-state index is 11.8. The molecule has 2 amide bonds. The molecule has 0 spiro atoms. The van der Waals surface area contributed by atoms with E-state index in [2.05, 4.69) is 26.6 Å². The highest BCUT2D eigenvalue weighted by Crippen LogP contribution is 2.23. The van der Waals surface area contributed by atoms with Gasteiger partial charge in [0.05, 0.1) is 11.0 Å². The molecular formula is C17H17BrN2O3. The topological polar surface area (TPSA) is 67.4 Å². The van der Waals surface area contributed by atoms with Crippen LogP contribution in [0.5, 0.6) is 5.75 Å². The predicted octanol–water partition coefficient (Wildman–Crippen LogP) is 3.85. The van der Waals surface area contributed by atoms with Crippen LogP contribution in [0.25, 0.3) is 0 Å². The molecule has 0 bridgehead atoms. The minimum absolute atomic E-state index is 0.00905. The average Bonchev–Trinajstić information content (AvgIpc) is 2.53. The minimum atomic E-state index is -0.323. The van der Waals surface area contributed by atoms with Gasteiger partial charge in [0.15, 0.2) is 5.78 Å². The highest BCUT2D eigenvalue weighted by Gasteiger charge is 2.04. The van der Waals surface area contributed by atoms with E-state index in [1.807, 2.05) is 24.3 Å². The van der Waals surface area contributed by atoms with E-state index in [-0.39, 0.29) is 11.8 Å². The maximum absolute atomic E-state index is 11.8. The minimum Gasteiger partial charge on any atom is -0.491 e. The Morgan fingerprint density at radius 2 is 1.78 bits per heavy atom. The van der Waals surface area contributed by atoms with Gasteiger partial charge in [-0.15, -0.1) is 0 Å². The Morgan fingerprint density at radius 1 is 1.09 bits per heavy atom. The van der Waals surface area contributed by atoms with Crippen LogP contribution in [0.15, 0.2) is 53.0 Å². The molecule has 0 saturated carbocycles. The first-order chi connectivity index (χ1) is 11.1. The number of ether oxygens (including phenoxy) is 1. The van der Waals surface area contributed by atoms with Crippen LogP contribution in [-0.4, -0.2) is 25.0 Å². The van der Waals surface area contributed by atoms with E-state index in [4.69, 9.17) is 4.74 Å². The highest BCUT2D eigenvalue weighted by molar-refractivity contribution is 9.10. The fraction of sp³-hybridized carbons (Fsp3) is 0.176. The number of urea groups is 1. The van der Waals surface area contributed by atoms with Gasteiger partial charge in [-0.3, -0.25) is 4.79 Å². The molecule has 2 aromatic carbocycles. The third-order valence-electron chi connectivity index (χ3n) is 3.03. The number of hydrogen-bond donors (Lipinski definition) is 2. The molecular weight excluding hydrogens is 360 g/mol. The molecule has 0 saturated heterocycles. The largest absolute Gasteiger partial charge is 0.491 e. The van der Waals surface area contributed by atoms with Crippen molar-refractivity contribution >= 4 is 33.4 Å². The van der Waals surface area contributed by atoms with E-state index >= 15 is 0 Å². The van der Waals surface area contributed by atoms with Crippen molar-refractivity contribution in [3.05, 3.63) is 58.6 Å². The third-order valence-corrected chi connectivity index (χ3v) is 3.69. The van der Waals surface area contributed by atoms with Crippen molar-refractivity contribution in [2.75, 3.05) is 18.5 Å². The molecule has 0 aromatic heterocycles. The number of para-hydroxylation sites is 1. The van der Waals surface area contributed by atoms with Gasteiger partial charge in [-0.05, 0) is 59.3 Å². The second kappa shape index (κ2) is 8.33. The summed E-state index contributed by atoms with van der Waals surface area (Å²) in [4.78, 5) is 22.9. The molecule has 0 heterocycles. The van der Waals surface area contributed by atoms with Crippen molar-refractivity contribution < 1.29 is 14.3 Å². The van der Waals surface area contributed by atoms with E-state index in [9.17, 15) is 9.59 Å². The van der Waals surface area contributed by atoms with E-state index in [0.29, 0.717) is 24.4 Å². The summed E-state index contributed by atoms with van der Waals surface area (Å²) in [6, 6.07) is 13.9. The summed E-state index contributed by atoms with van der Waals surface area (Å²) in [5, 5.41) is 5.39. The highest BCUT2D eigenvalue weighted by atomic mass is 79.9. The van der Waals surface area contributed by atoms with Crippen LogP contribution in [0.2, 0.25) is 0 Å². The lowest BCUT2D eigenvalue weighted by Gasteiger charge is -2.10. The van der Waals surface area contributed by atoms with Crippen LogP contribution >= 0.6 is 15.9 Å². The lowest BCUT2D eigenvalue weighted by atomic mass is 10.1. The van der Waals surface area contributed by atoms with Crippen LogP contribution in [0.3, 0.4) is 0 Å². The number of nitrogens with one attached hydrogen (secondary N) is 2. The summed E-state index contributed by atoms with van der Waals surface area (Å²) in [5.74, 6) is 0.722. The molecule has 2 aromatic rings. The number of carbonyl (C=O) groups excluding carboxylic acids is 2. The molecule has 0 fully saturated rings. The molecule has 0 atom stereocenters. The predicted molar refractivity (Wildman–Crippen MR) is 93.1 cm³/mol. The zero-order valence-corrected chi connectivity index (χ0v) is 14.2. The van der Waals surface area contributed by atoms with Gasteiger partial charge in [0.1, 0.15) is 12.4 Å². The van der Waals surface area contributed by atoms with E-state index in [0.717, 1.165) is 10.2 Å². The third kappa shape index (κ3) is 5.41. The number of amides is 2. The molecule has 5 nitrogen and oxygen atoms in total. The molecule has 6 heteroatoms. The molecule has 0 aliphatic heterocycles. The molecule has 2 N–H and O–H groups in total. The monoisotopic (exact) mass is 376 g/mol. The molecule has 0 unspecified atom stereocenters. The Balaban J connectivity index is 1.73. The molecule has 120 valence electrons. The zero-order chi connectivity index (χ0) is 16.7.